The highest BCUT2D eigenvalue weighted by molar-refractivity contribution is 5.85. The van der Waals surface area contributed by atoms with Crippen LogP contribution in [0.2, 0.25) is 0 Å². The molecule has 0 spiro atoms. The summed E-state index contributed by atoms with van der Waals surface area (Å²) < 4.78 is 55.6. The number of carboxylic acid groups (broad SMARTS) is 1. The van der Waals surface area contributed by atoms with E-state index < -0.39 is 34.8 Å². The van der Waals surface area contributed by atoms with Crippen LogP contribution in [-0.2, 0) is 6.18 Å². The van der Waals surface area contributed by atoms with Gasteiger partial charge in [0.1, 0.15) is 11.5 Å². The molecule has 0 atom stereocenters. The molecular weight excluding hydrogens is 270 g/mol. The van der Waals surface area contributed by atoms with Crippen molar-refractivity contribution < 1.29 is 32.0 Å². The standard InChI is InChI=1S/C11H5F4NO3/c12-9-5(2-1-3-6(9)11(13,14)15)7-4-8(10(17)18)19-16-7/h1-4H,(H,17,18). The molecule has 0 bridgehead atoms. The number of aromatic nitrogens is 1. The molecule has 2 aromatic rings. The maximum Gasteiger partial charge on any atom is 0.419 e. The molecule has 0 aliphatic carbocycles. The number of rotatable bonds is 2. The molecule has 1 aromatic carbocycles. The normalized spacial score (nSPS) is 11.6. The van der Waals surface area contributed by atoms with Gasteiger partial charge in [0, 0.05) is 11.6 Å². The Hall–Kier alpha value is -2.38. The van der Waals surface area contributed by atoms with Gasteiger partial charge in [-0.05, 0) is 12.1 Å². The van der Waals surface area contributed by atoms with E-state index in [0.29, 0.717) is 6.07 Å². The minimum Gasteiger partial charge on any atom is -0.475 e. The third-order valence-corrected chi connectivity index (χ3v) is 2.30. The van der Waals surface area contributed by atoms with Gasteiger partial charge in [0.2, 0.25) is 5.76 Å². The van der Waals surface area contributed by atoms with Crippen molar-refractivity contribution in [2.75, 3.05) is 0 Å². The smallest absolute Gasteiger partial charge is 0.419 e. The zero-order valence-corrected chi connectivity index (χ0v) is 9.03. The third kappa shape index (κ3) is 2.42. The van der Waals surface area contributed by atoms with Crippen LogP contribution in [0.15, 0.2) is 28.8 Å². The van der Waals surface area contributed by atoms with Gasteiger partial charge < -0.3 is 9.63 Å². The Balaban J connectivity index is 2.54. The molecule has 2 rings (SSSR count). The molecule has 0 amide bonds. The van der Waals surface area contributed by atoms with Crippen LogP contribution in [0.5, 0.6) is 0 Å². The van der Waals surface area contributed by atoms with Crippen molar-refractivity contribution >= 4 is 5.97 Å². The van der Waals surface area contributed by atoms with Gasteiger partial charge in [-0.3, -0.25) is 0 Å². The Kier molecular flexibility index (Phi) is 3.01. The summed E-state index contributed by atoms with van der Waals surface area (Å²) in [5, 5.41) is 11.8. The summed E-state index contributed by atoms with van der Waals surface area (Å²) >= 11 is 0. The molecule has 0 aliphatic heterocycles. The fourth-order valence-corrected chi connectivity index (χ4v) is 1.45. The van der Waals surface area contributed by atoms with Crippen LogP contribution in [0.25, 0.3) is 11.3 Å². The second kappa shape index (κ2) is 4.38. The van der Waals surface area contributed by atoms with Crippen molar-refractivity contribution in [2.45, 2.75) is 6.18 Å². The highest BCUT2D eigenvalue weighted by atomic mass is 19.4. The van der Waals surface area contributed by atoms with Gasteiger partial charge in [0.25, 0.3) is 0 Å². The third-order valence-electron chi connectivity index (χ3n) is 2.30. The van der Waals surface area contributed by atoms with Gasteiger partial charge in [-0.15, -0.1) is 0 Å². The fraction of sp³-hybridized carbons (Fsp3) is 0.0909. The quantitative estimate of drug-likeness (QED) is 0.855. The van der Waals surface area contributed by atoms with Crippen LogP contribution in [0.1, 0.15) is 16.1 Å². The lowest BCUT2D eigenvalue weighted by Crippen LogP contribution is -2.08. The predicted molar refractivity (Wildman–Crippen MR) is 53.9 cm³/mol. The molecule has 100 valence electrons. The molecular formula is C11H5F4NO3. The van der Waals surface area contributed by atoms with E-state index in [4.69, 9.17) is 5.11 Å². The Labute approximate surface area is 103 Å². The minimum atomic E-state index is -4.85. The summed E-state index contributed by atoms with van der Waals surface area (Å²) in [6.45, 7) is 0. The van der Waals surface area contributed by atoms with E-state index in [2.05, 4.69) is 9.68 Å². The van der Waals surface area contributed by atoms with Crippen LogP contribution < -0.4 is 0 Å². The number of carbonyl (C=O) groups is 1. The first-order valence-electron chi connectivity index (χ1n) is 4.87. The van der Waals surface area contributed by atoms with Crippen molar-refractivity contribution in [3.63, 3.8) is 0 Å². The Morgan fingerprint density at radius 2 is 2.00 bits per heavy atom. The first-order chi connectivity index (χ1) is 8.80. The molecule has 1 aromatic heterocycles. The highest BCUT2D eigenvalue weighted by Crippen LogP contribution is 2.35. The molecule has 1 heterocycles. The summed E-state index contributed by atoms with van der Waals surface area (Å²) in [7, 11) is 0. The molecule has 0 unspecified atom stereocenters. The second-order valence-corrected chi connectivity index (χ2v) is 3.55. The molecule has 0 radical (unpaired) electrons. The average Bonchev–Trinajstić information content (AvgIpc) is 2.77. The largest absolute Gasteiger partial charge is 0.475 e. The molecule has 0 saturated heterocycles. The number of aromatic carboxylic acids is 1. The van der Waals surface area contributed by atoms with E-state index in [1.807, 2.05) is 0 Å². The van der Waals surface area contributed by atoms with Crippen molar-refractivity contribution in [2.24, 2.45) is 0 Å². The lowest BCUT2D eigenvalue weighted by atomic mass is 10.1. The highest BCUT2D eigenvalue weighted by Gasteiger charge is 2.35. The number of carboxylic acids is 1. The van der Waals surface area contributed by atoms with Crippen molar-refractivity contribution in [1.82, 2.24) is 5.16 Å². The molecule has 19 heavy (non-hydrogen) atoms. The summed E-state index contributed by atoms with van der Waals surface area (Å²) in [5.41, 5.74) is -2.25. The Morgan fingerprint density at radius 3 is 2.53 bits per heavy atom. The van der Waals surface area contributed by atoms with E-state index in [1.54, 1.807) is 0 Å². The van der Waals surface area contributed by atoms with Crippen LogP contribution in [0.4, 0.5) is 17.6 Å². The monoisotopic (exact) mass is 275 g/mol. The van der Waals surface area contributed by atoms with Crippen molar-refractivity contribution in [1.29, 1.82) is 0 Å². The first kappa shape index (κ1) is 13.1. The van der Waals surface area contributed by atoms with Gasteiger partial charge in [-0.25, -0.2) is 9.18 Å². The molecule has 1 N–H and O–H groups in total. The lowest BCUT2D eigenvalue weighted by Gasteiger charge is -2.09. The van der Waals surface area contributed by atoms with Crippen LogP contribution in [0, 0.1) is 5.82 Å². The first-order valence-corrected chi connectivity index (χ1v) is 4.87. The fourth-order valence-electron chi connectivity index (χ4n) is 1.45. The molecule has 0 aliphatic rings. The lowest BCUT2D eigenvalue weighted by molar-refractivity contribution is -0.139. The Morgan fingerprint density at radius 1 is 1.32 bits per heavy atom. The van der Waals surface area contributed by atoms with Gasteiger partial charge in [0.15, 0.2) is 0 Å². The van der Waals surface area contributed by atoms with E-state index in [1.165, 1.54) is 0 Å². The van der Waals surface area contributed by atoms with Gasteiger partial charge in [-0.1, -0.05) is 11.2 Å². The number of benzene rings is 1. The molecule has 4 nitrogen and oxygen atoms in total. The zero-order valence-electron chi connectivity index (χ0n) is 9.03. The molecule has 0 saturated carbocycles. The number of hydrogen-bond donors (Lipinski definition) is 1. The number of alkyl halides is 3. The molecule has 0 fully saturated rings. The van der Waals surface area contributed by atoms with Crippen molar-refractivity contribution in [3.8, 4) is 11.3 Å². The minimum absolute atomic E-state index is 0.319. The van der Waals surface area contributed by atoms with Gasteiger partial charge in [-0.2, -0.15) is 13.2 Å². The van der Waals surface area contributed by atoms with Crippen LogP contribution in [0.3, 0.4) is 0 Å². The maximum atomic E-state index is 13.7. The predicted octanol–water partition coefficient (Wildman–Crippen LogP) is 3.20. The van der Waals surface area contributed by atoms with E-state index in [0.717, 1.165) is 18.2 Å². The van der Waals surface area contributed by atoms with Crippen molar-refractivity contribution in [3.05, 3.63) is 41.4 Å². The summed E-state index contributed by atoms with van der Waals surface area (Å²) in [5.74, 6) is -3.57. The van der Waals surface area contributed by atoms with E-state index >= 15 is 0 Å². The summed E-state index contributed by atoms with van der Waals surface area (Å²) in [6.07, 6.45) is -4.85. The average molecular weight is 275 g/mol. The van der Waals surface area contributed by atoms with Gasteiger partial charge >= 0.3 is 12.1 Å². The van der Waals surface area contributed by atoms with Crippen LogP contribution >= 0.6 is 0 Å². The van der Waals surface area contributed by atoms with E-state index in [-0.39, 0.29) is 5.69 Å². The number of hydrogen-bond acceptors (Lipinski definition) is 3. The molecule has 8 heteroatoms. The maximum absolute atomic E-state index is 13.7. The summed E-state index contributed by atoms with van der Waals surface area (Å²) in [6, 6.07) is 3.47. The zero-order chi connectivity index (χ0) is 14.2. The van der Waals surface area contributed by atoms with Crippen LogP contribution in [-0.4, -0.2) is 16.2 Å². The number of halogens is 4. The van der Waals surface area contributed by atoms with Gasteiger partial charge in [0.05, 0.1) is 5.56 Å². The number of nitrogens with zero attached hydrogens (tertiary/aromatic N) is 1. The topological polar surface area (TPSA) is 63.3 Å². The second-order valence-electron chi connectivity index (χ2n) is 3.55. The Bertz CT molecular complexity index is 633. The SMILES string of the molecule is O=C(O)c1cc(-c2cccc(C(F)(F)F)c2F)no1. The van der Waals surface area contributed by atoms with E-state index in [9.17, 15) is 22.4 Å². The summed E-state index contributed by atoms with van der Waals surface area (Å²) in [4.78, 5) is 10.5.